The Balaban J connectivity index is 1.74. The van der Waals surface area contributed by atoms with Crippen LogP contribution < -0.4 is 5.32 Å². The van der Waals surface area contributed by atoms with E-state index in [9.17, 15) is 4.79 Å². The molecule has 22 heavy (non-hydrogen) atoms. The Morgan fingerprint density at radius 1 is 1.23 bits per heavy atom. The third kappa shape index (κ3) is 3.19. The van der Waals surface area contributed by atoms with Gasteiger partial charge in [-0.05, 0) is 62.3 Å². The van der Waals surface area contributed by atoms with Gasteiger partial charge < -0.3 is 5.32 Å². The molecule has 1 atom stereocenters. The Morgan fingerprint density at radius 2 is 2.00 bits per heavy atom. The normalized spacial score (nSPS) is 17.5. The zero-order valence-electron chi connectivity index (χ0n) is 13.2. The lowest BCUT2D eigenvalue weighted by Crippen LogP contribution is -2.36. The van der Waals surface area contributed by atoms with Crippen LogP contribution in [0.3, 0.4) is 0 Å². The highest BCUT2D eigenvalue weighted by atomic mass is 16.1. The third-order valence-corrected chi connectivity index (χ3v) is 4.41. The van der Waals surface area contributed by atoms with Gasteiger partial charge in [-0.1, -0.05) is 24.3 Å². The molecule has 0 saturated heterocycles. The van der Waals surface area contributed by atoms with Crippen molar-refractivity contribution in [2.24, 2.45) is 0 Å². The van der Waals surface area contributed by atoms with Gasteiger partial charge in [0, 0.05) is 17.9 Å². The zero-order chi connectivity index (χ0) is 15.5. The summed E-state index contributed by atoms with van der Waals surface area (Å²) in [6, 6.07) is 10.7. The van der Waals surface area contributed by atoms with Crippen LogP contribution >= 0.6 is 0 Å². The molecular formula is C19H22N2O. The van der Waals surface area contributed by atoms with Crippen molar-refractivity contribution in [3.63, 3.8) is 0 Å². The topological polar surface area (TPSA) is 42.0 Å². The molecule has 3 rings (SSSR count). The van der Waals surface area contributed by atoms with Crippen LogP contribution in [0.4, 0.5) is 0 Å². The molecule has 0 spiro atoms. The third-order valence-electron chi connectivity index (χ3n) is 4.41. The summed E-state index contributed by atoms with van der Waals surface area (Å²) >= 11 is 0. The molecule has 1 N–H and O–H groups in total. The van der Waals surface area contributed by atoms with Crippen LogP contribution in [-0.4, -0.2) is 16.9 Å². The van der Waals surface area contributed by atoms with E-state index in [1.807, 2.05) is 19.9 Å². The van der Waals surface area contributed by atoms with Crippen LogP contribution in [-0.2, 0) is 12.8 Å². The van der Waals surface area contributed by atoms with Crippen molar-refractivity contribution in [2.75, 3.05) is 0 Å². The monoisotopic (exact) mass is 294 g/mol. The Kier molecular flexibility index (Phi) is 4.23. The molecular weight excluding hydrogens is 272 g/mol. The highest BCUT2D eigenvalue weighted by molar-refractivity contribution is 5.95. The Hall–Kier alpha value is -2.16. The molecule has 1 heterocycles. The van der Waals surface area contributed by atoms with Crippen molar-refractivity contribution in [3.05, 3.63) is 64.5 Å². The Bertz CT molecular complexity index is 694. The van der Waals surface area contributed by atoms with Gasteiger partial charge in [0.25, 0.3) is 5.91 Å². The number of amides is 1. The van der Waals surface area contributed by atoms with Gasteiger partial charge in [-0.3, -0.25) is 9.78 Å². The summed E-state index contributed by atoms with van der Waals surface area (Å²) in [5.41, 5.74) is 5.40. The van der Waals surface area contributed by atoms with E-state index in [1.54, 1.807) is 6.20 Å². The molecule has 1 aromatic carbocycles. The summed E-state index contributed by atoms with van der Waals surface area (Å²) in [5.74, 6) is -0.00520. The predicted molar refractivity (Wildman–Crippen MR) is 88.0 cm³/mol. The summed E-state index contributed by atoms with van der Waals surface area (Å²) in [7, 11) is 0. The summed E-state index contributed by atoms with van der Waals surface area (Å²) in [4.78, 5) is 16.8. The van der Waals surface area contributed by atoms with E-state index in [4.69, 9.17) is 0 Å². The molecule has 1 aliphatic rings. The van der Waals surface area contributed by atoms with Crippen molar-refractivity contribution in [1.82, 2.24) is 10.3 Å². The largest absolute Gasteiger partial charge is 0.349 e. The van der Waals surface area contributed by atoms with Crippen LogP contribution in [0.1, 0.15) is 45.6 Å². The minimum atomic E-state index is -0.00520. The number of carbonyl (C=O) groups is 1. The van der Waals surface area contributed by atoms with Gasteiger partial charge >= 0.3 is 0 Å². The molecule has 3 heteroatoms. The van der Waals surface area contributed by atoms with Crippen molar-refractivity contribution < 1.29 is 4.79 Å². The predicted octanol–water partition coefficient (Wildman–Crippen LogP) is 3.38. The first-order valence-corrected chi connectivity index (χ1v) is 7.94. The fraction of sp³-hybridized carbons (Fsp3) is 0.368. The number of nitrogens with one attached hydrogen (secondary N) is 1. The van der Waals surface area contributed by atoms with Gasteiger partial charge in [-0.2, -0.15) is 0 Å². The van der Waals surface area contributed by atoms with E-state index in [-0.39, 0.29) is 11.9 Å². The maximum atomic E-state index is 12.5. The minimum Gasteiger partial charge on any atom is -0.349 e. The number of aromatic nitrogens is 1. The zero-order valence-corrected chi connectivity index (χ0v) is 13.2. The summed E-state index contributed by atoms with van der Waals surface area (Å²) in [6.07, 6.45) is 5.85. The maximum absolute atomic E-state index is 12.5. The minimum absolute atomic E-state index is 0.00520. The maximum Gasteiger partial charge on any atom is 0.253 e. The van der Waals surface area contributed by atoms with E-state index in [1.165, 1.54) is 11.1 Å². The second-order valence-corrected chi connectivity index (χ2v) is 6.18. The van der Waals surface area contributed by atoms with Crippen molar-refractivity contribution in [2.45, 2.75) is 45.6 Å². The van der Waals surface area contributed by atoms with Crippen molar-refractivity contribution in [1.29, 1.82) is 0 Å². The Morgan fingerprint density at radius 3 is 2.77 bits per heavy atom. The molecule has 1 amide bonds. The SMILES string of the molecule is Cc1cc(C)c(C(=O)NC2CCCc3ccccc3C2)cn1. The first kappa shape index (κ1) is 14.8. The number of fused-ring (bicyclic) bond motifs is 1. The summed E-state index contributed by atoms with van der Waals surface area (Å²) in [5, 5.41) is 3.20. The lowest BCUT2D eigenvalue weighted by Gasteiger charge is -2.17. The van der Waals surface area contributed by atoms with Gasteiger partial charge in [0.2, 0.25) is 0 Å². The van der Waals surface area contributed by atoms with Gasteiger partial charge in [-0.15, -0.1) is 0 Å². The molecule has 0 bridgehead atoms. The number of benzene rings is 1. The fourth-order valence-corrected chi connectivity index (χ4v) is 3.23. The van der Waals surface area contributed by atoms with Gasteiger partial charge in [-0.25, -0.2) is 0 Å². The molecule has 0 radical (unpaired) electrons. The molecule has 114 valence electrons. The molecule has 3 nitrogen and oxygen atoms in total. The lowest BCUT2D eigenvalue weighted by molar-refractivity contribution is 0.0934. The number of pyridine rings is 1. The lowest BCUT2D eigenvalue weighted by atomic mass is 10.0. The van der Waals surface area contributed by atoms with E-state index in [2.05, 4.69) is 34.6 Å². The van der Waals surface area contributed by atoms with Crippen molar-refractivity contribution >= 4 is 5.91 Å². The van der Waals surface area contributed by atoms with Gasteiger partial charge in [0.15, 0.2) is 0 Å². The molecule has 0 aliphatic heterocycles. The second-order valence-electron chi connectivity index (χ2n) is 6.18. The highest BCUT2D eigenvalue weighted by Crippen LogP contribution is 2.21. The summed E-state index contributed by atoms with van der Waals surface area (Å²) in [6.45, 7) is 3.91. The number of nitrogens with zero attached hydrogens (tertiary/aromatic N) is 1. The van der Waals surface area contributed by atoms with Gasteiger partial charge in [0.1, 0.15) is 0 Å². The molecule has 0 fully saturated rings. The fourth-order valence-electron chi connectivity index (χ4n) is 3.23. The first-order chi connectivity index (χ1) is 10.6. The van der Waals surface area contributed by atoms with E-state index >= 15 is 0 Å². The standard InChI is InChI=1S/C19H22N2O/c1-13-10-14(2)20-12-18(13)19(22)21-17-9-5-8-15-6-3-4-7-16(15)11-17/h3-4,6-7,10,12,17H,5,8-9,11H2,1-2H3,(H,21,22). The average Bonchev–Trinajstić information content (AvgIpc) is 2.68. The Labute approximate surface area is 131 Å². The van der Waals surface area contributed by atoms with Crippen LogP contribution in [0.5, 0.6) is 0 Å². The van der Waals surface area contributed by atoms with E-state index in [0.29, 0.717) is 5.56 Å². The van der Waals surface area contributed by atoms with E-state index in [0.717, 1.165) is 36.9 Å². The van der Waals surface area contributed by atoms with Gasteiger partial charge in [0.05, 0.1) is 5.56 Å². The first-order valence-electron chi connectivity index (χ1n) is 7.94. The van der Waals surface area contributed by atoms with Crippen LogP contribution in [0.25, 0.3) is 0 Å². The number of hydrogen-bond donors (Lipinski definition) is 1. The molecule has 2 aromatic rings. The highest BCUT2D eigenvalue weighted by Gasteiger charge is 2.19. The van der Waals surface area contributed by atoms with Crippen LogP contribution in [0.15, 0.2) is 36.5 Å². The molecule has 1 aliphatic carbocycles. The second kappa shape index (κ2) is 6.30. The average molecular weight is 294 g/mol. The van der Waals surface area contributed by atoms with Crippen molar-refractivity contribution in [3.8, 4) is 0 Å². The number of aryl methyl sites for hydroxylation is 3. The van der Waals surface area contributed by atoms with E-state index < -0.39 is 0 Å². The number of hydrogen-bond acceptors (Lipinski definition) is 2. The van der Waals surface area contributed by atoms with Crippen LogP contribution in [0, 0.1) is 13.8 Å². The number of rotatable bonds is 2. The smallest absolute Gasteiger partial charge is 0.253 e. The number of carbonyl (C=O) groups excluding carboxylic acids is 1. The quantitative estimate of drug-likeness (QED) is 0.863. The summed E-state index contributed by atoms with van der Waals surface area (Å²) < 4.78 is 0. The molecule has 1 aromatic heterocycles. The van der Waals surface area contributed by atoms with Crippen LogP contribution in [0.2, 0.25) is 0 Å². The molecule has 0 saturated carbocycles. The molecule has 1 unspecified atom stereocenters.